The van der Waals surface area contributed by atoms with Gasteiger partial charge < -0.3 is 0 Å². The van der Waals surface area contributed by atoms with Crippen molar-refractivity contribution < 1.29 is 9.59 Å². The summed E-state index contributed by atoms with van der Waals surface area (Å²) in [5, 5.41) is -1.18. The van der Waals surface area contributed by atoms with Gasteiger partial charge in [0.05, 0.1) is 0 Å². The third-order valence-corrected chi connectivity index (χ3v) is 2.10. The van der Waals surface area contributed by atoms with Crippen molar-refractivity contribution in [1.82, 2.24) is 0 Å². The minimum absolute atomic E-state index is 0.274. The Kier molecular flexibility index (Phi) is 3.07. The Hall–Kier alpha value is -0.860. The smallest absolute Gasteiger partial charge is 0.252 e. The fourth-order valence-electron chi connectivity index (χ4n) is 0.956. The molecule has 0 bridgehead atoms. The van der Waals surface area contributed by atoms with Gasteiger partial charge in [0.1, 0.15) is 0 Å². The summed E-state index contributed by atoms with van der Waals surface area (Å²) in [4.78, 5) is 21.6. The molecule has 0 spiro atoms. The Morgan fingerprint density at radius 1 is 1.15 bits per heavy atom. The predicted molar refractivity (Wildman–Crippen MR) is 51.5 cm³/mol. The second-order valence-electron chi connectivity index (χ2n) is 2.58. The van der Waals surface area contributed by atoms with Crippen LogP contribution in [0.4, 0.5) is 0 Å². The number of carbonyl (C=O) groups is 2. The highest BCUT2D eigenvalue weighted by molar-refractivity contribution is 6.69. The quantitative estimate of drug-likeness (QED) is 0.713. The zero-order valence-corrected chi connectivity index (χ0v) is 8.32. The standard InChI is InChI=1S/C9H6Cl2O2/c1-5-2-3-6(8(10)12)4-7(5)9(11)13/h2-4H,1H3. The second-order valence-corrected chi connectivity index (χ2v) is 3.26. The molecule has 0 saturated heterocycles. The minimum Gasteiger partial charge on any atom is -0.276 e. The average Bonchev–Trinajstić information content (AvgIpc) is 2.04. The molecule has 1 rings (SSSR count). The monoisotopic (exact) mass is 216 g/mol. The van der Waals surface area contributed by atoms with E-state index in [9.17, 15) is 9.59 Å². The fraction of sp³-hybridized carbons (Fsp3) is 0.111. The summed E-state index contributed by atoms with van der Waals surface area (Å²) >= 11 is 10.5. The molecule has 4 heteroatoms. The molecule has 0 unspecified atom stereocenters. The summed E-state index contributed by atoms with van der Waals surface area (Å²) in [6.07, 6.45) is 0. The molecule has 0 aliphatic heterocycles. The topological polar surface area (TPSA) is 34.1 Å². The van der Waals surface area contributed by atoms with Crippen LogP contribution in [0, 0.1) is 6.92 Å². The second kappa shape index (κ2) is 3.90. The van der Waals surface area contributed by atoms with Crippen LogP contribution in [-0.2, 0) is 0 Å². The molecular weight excluding hydrogens is 211 g/mol. The van der Waals surface area contributed by atoms with Crippen molar-refractivity contribution in [2.24, 2.45) is 0 Å². The van der Waals surface area contributed by atoms with Crippen LogP contribution >= 0.6 is 23.2 Å². The lowest BCUT2D eigenvalue weighted by Gasteiger charge is -2.01. The zero-order valence-electron chi connectivity index (χ0n) is 6.80. The number of benzene rings is 1. The molecule has 2 nitrogen and oxygen atoms in total. The van der Waals surface area contributed by atoms with Crippen molar-refractivity contribution in [3.8, 4) is 0 Å². The molecule has 0 heterocycles. The normalized spacial score (nSPS) is 9.77. The van der Waals surface area contributed by atoms with Crippen LogP contribution in [0.3, 0.4) is 0 Å². The van der Waals surface area contributed by atoms with Crippen LogP contribution in [0.15, 0.2) is 18.2 Å². The number of rotatable bonds is 2. The molecule has 1 aromatic rings. The number of carbonyl (C=O) groups excluding carboxylic acids is 2. The first-order valence-corrected chi connectivity index (χ1v) is 4.28. The van der Waals surface area contributed by atoms with Crippen LogP contribution in [0.5, 0.6) is 0 Å². The Morgan fingerprint density at radius 3 is 2.23 bits per heavy atom. The predicted octanol–water partition coefficient (Wildman–Crippen LogP) is 2.75. The van der Waals surface area contributed by atoms with Crippen LogP contribution in [0.25, 0.3) is 0 Å². The first kappa shape index (κ1) is 10.2. The van der Waals surface area contributed by atoms with E-state index in [1.165, 1.54) is 6.07 Å². The van der Waals surface area contributed by atoms with Crippen LogP contribution in [-0.4, -0.2) is 10.5 Å². The number of hydrogen-bond acceptors (Lipinski definition) is 2. The van der Waals surface area contributed by atoms with E-state index in [2.05, 4.69) is 0 Å². The maximum atomic E-state index is 10.9. The first-order valence-electron chi connectivity index (χ1n) is 3.52. The van der Waals surface area contributed by atoms with Crippen molar-refractivity contribution in [2.75, 3.05) is 0 Å². The van der Waals surface area contributed by atoms with E-state index in [1.54, 1.807) is 19.1 Å². The maximum absolute atomic E-state index is 10.9. The van der Waals surface area contributed by atoms with Crippen molar-refractivity contribution in [1.29, 1.82) is 0 Å². The highest BCUT2D eigenvalue weighted by Gasteiger charge is 2.09. The van der Waals surface area contributed by atoms with Gasteiger partial charge in [0.15, 0.2) is 0 Å². The van der Waals surface area contributed by atoms with Gasteiger partial charge in [-0.1, -0.05) is 6.07 Å². The van der Waals surface area contributed by atoms with E-state index < -0.39 is 10.5 Å². The van der Waals surface area contributed by atoms with Gasteiger partial charge in [-0.2, -0.15) is 0 Å². The van der Waals surface area contributed by atoms with Crippen molar-refractivity contribution in [3.63, 3.8) is 0 Å². The molecule has 0 amide bonds. The van der Waals surface area contributed by atoms with E-state index in [1.807, 2.05) is 0 Å². The van der Waals surface area contributed by atoms with Gasteiger partial charge in [0.2, 0.25) is 0 Å². The van der Waals surface area contributed by atoms with Crippen molar-refractivity contribution >= 4 is 33.7 Å². The molecule has 0 saturated carbocycles. The summed E-state index contributed by atoms with van der Waals surface area (Å²) in [6, 6.07) is 4.57. The molecule has 0 fully saturated rings. The van der Waals surface area contributed by atoms with Gasteiger partial charge in [-0.15, -0.1) is 0 Å². The molecule has 0 aromatic heterocycles. The fourth-order valence-corrected chi connectivity index (χ4v) is 1.28. The third kappa shape index (κ3) is 2.29. The number of aryl methyl sites for hydroxylation is 1. The van der Waals surface area contributed by atoms with Crippen molar-refractivity contribution in [3.05, 3.63) is 34.9 Å². The van der Waals surface area contributed by atoms with Crippen molar-refractivity contribution in [2.45, 2.75) is 6.92 Å². The molecule has 0 aliphatic rings. The molecule has 1 aromatic carbocycles. The van der Waals surface area contributed by atoms with Crippen LogP contribution in [0.2, 0.25) is 0 Å². The molecule has 0 N–H and O–H groups in total. The first-order chi connectivity index (χ1) is 6.02. The summed E-state index contributed by atoms with van der Waals surface area (Å²) < 4.78 is 0. The average molecular weight is 217 g/mol. The van der Waals surface area contributed by atoms with Crippen LogP contribution in [0.1, 0.15) is 26.3 Å². The molecule has 0 atom stereocenters. The number of hydrogen-bond donors (Lipinski definition) is 0. The summed E-state index contributed by atoms with van der Waals surface area (Å²) in [5.74, 6) is 0. The van der Waals surface area contributed by atoms with Gasteiger partial charge in [-0.3, -0.25) is 9.59 Å². The van der Waals surface area contributed by atoms with Gasteiger partial charge in [-0.05, 0) is 47.8 Å². The van der Waals surface area contributed by atoms with E-state index in [4.69, 9.17) is 23.2 Å². The molecule has 0 aliphatic carbocycles. The zero-order chi connectivity index (χ0) is 10.0. The SMILES string of the molecule is Cc1ccc(C(=O)Cl)cc1C(=O)Cl. The van der Waals surface area contributed by atoms with Gasteiger partial charge in [0, 0.05) is 11.1 Å². The third-order valence-electron chi connectivity index (χ3n) is 1.68. The van der Waals surface area contributed by atoms with Gasteiger partial charge in [0.25, 0.3) is 10.5 Å². The van der Waals surface area contributed by atoms with E-state index in [0.29, 0.717) is 5.56 Å². The molecule has 0 radical (unpaired) electrons. The Morgan fingerprint density at radius 2 is 1.77 bits per heavy atom. The lowest BCUT2D eigenvalue weighted by atomic mass is 10.1. The Bertz CT molecular complexity index is 372. The Balaban J connectivity index is 3.27. The highest BCUT2D eigenvalue weighted by Crippen LogP contribution is 2.14. The van der Waals surface area contributed by atoms with Crippen LogP contribution < -0.4 is 0 Å². The van der Waals surface area contributed by atoms with Gasteiger partial charge >= 0.3 is 0 Å². The molecule has 68 valence electrons. The largest absolute Gasteiger partial charge is 0.276 e. The molecular formula is C9H6Cl2O2. The van der Waals surface area contributed by atoms with E-state index in [-0.39, 0.29) is 5.56 Å². The maximum Gasteiger partial charge on any atom is 0.252 e. The lowest BCUT2D eigenvalue weighted by Crippen LogP contribution is -1.97. The summed E-state index contributed by atoms with van der Waals surface area (Å²) in [5.41, 5.74) is 1.31. The summed E-state index contributed by atoms with van der Waals surface area (Å²) in [6.45, 7) is 1.73. The lowest BCUT2D eigenvalue weighted by molar-refractivity contribution is 0.107. The summed E-state index contributed by atoms with van der Waals surface area (Å²) in [7, 11) is 0. The highest BCUT2D eigenvalue weighted by atomic mass is 35.5. The Labute approximate surface area is 85.5 Å². The van der Waals surface area contributed by atoms with E-state index in [0.717, 1.165) is 5.56 Å². The van der Waals surface area contributed by atoms with Gasteiger partial charge in [-0.25, -0.2) is 0 Å². The molecule has 13 heavy (non-hydrogen) atoms. The minimum atomic E-state index is -0.598. The number of halogens is 2. The van der Waals surface area contributed by atoms with E-state index >= 15 is 0 Å².